The van der Waals surface area contributed by atoms with Crippen LogP contribution in [0.5, 0.6) is 0 Å². The van der Waals surface area contributed by atoms with E-state index in [1.54, 1.807) is 0 Å². The second-order valence-electron chi connectivity index (χ2n) is 3.90. The third-order valence-corrected chi connectivity index (χ3v) is 2.72. The molecule has 0 bridgehead atoms. The van der Waals surface area contributed by atoms with Gasteiger partial charge in [0.15, 0.2) is 5.78 Å². The molecule has 1 nitrogen and oxygen atoms in total. The molecule has 2 heteroatoms. The van der Waals surface area contributed by atoms with E-state index < -0.39 is 0 Å². The maximum absolute atomic E-state index is 13.5. The van der Waals surface area contributed by atoms with Gasteiger partial charge in [0, 0.05) is 12.0 Å². The monoisotopic (exact) mass is 192 g/mol. The van der Waals surface area contributed by atoms with Crippen LogP contribution >= 0.6 is 0 Å². The molecule has 74 valence electrons. The van der Waals surface area contributed by atoms with Crippen LogP contribution in [0.15, 0.2) is 12.1 Å². The van der Waals surface area contributed by atoms with E-state index in [4.69, 9.17) is 0 Å². The molecule has 0 unspecified atom stereocenters. The zero-order valence-corrected chi connectivity index (χ0v) is 8.27. The molecule has 0 aromatic heterocycles. The number of Topliss-reactive ketones (excluding diaryl/α,β-unsaturated/α-hetero) is 1. The van der Waals surface area contributed by atoms with Gasteiger partial charge in [-0.05, 0) is 49.4 Å². The van der Waals surface area contributed by atoms with Gasteiger partial charge in [-0.2, -0.15) is 0 Å². The van der Waals surface area contributed by atoms with Gasteiger partial charge in [-0.1, -0.05) is 0 Å². The predicted octanol–water partition coefficient (Wildman–Crippen LogP) is 3.04. The first-order chi connectivity index (χ1) is 6.68. The average molecular weight is 192 g/mol. The van der Waals surface area contributed by atoms with Crippen LogP contribution in [0.3, 0.4) is 0 Å². The van der Waals surface area contributed by atoms with Crippen molar-refractivity contribution in [1.29, 1.82) is 0 Å². The van der Waals surface area contributed by atoms with Gasteiger partial charge in [0.25, 0.3) is 0 Å². The average Bonchev–Trinajstić information content (AvgIpc) is 2.29. The molecule has 0 spiro atoms. The van der Waals surface area contributed by atoms with Crippen molar-refractivity contribution >= 4 is 5.78 Å². The Balaban J connectivity index is 2.58. The van der Waals surface area contributed by atoms with Crippen molar-refractivity contribution in [1.82, 2.24) is 0 Å². The van der Waals surface area contributed by atoms with Gasteiger partial charge in [0.2, 0.25) is 0 Å². The number of benzene rings is 1. The minimum atomic E-state index is -0.213. The van der Waals surface area contributed by atoms with Crippen molar-refractivity contribution < 1.29 is 9.18 Å². The quantitative estimate of drug-likeness (QED) is 0.577. The maximum Gasteiger partial charge on any atom is 0.163 e. The zero-order valence-electron chi connectivity index (χ0n) is 8.27. The highest BCUT2D eigenvalue weighted by Gasteiger charge is 2.18. The van der Waals surface area contributed by atoms with E-state index in [2.05, 4.69) is 0 Å². The highest BCUT2D eigenvalue weighted by atomic mass is 19.1. The van der Waals surface area contributed by atoms with Gasteiger partial charge < -0.3 is 0 Å². The summed E-state index contributed by atoms with van der Waals surface area (Å²) in [4.78, 5) is 11.6. The Morgan fingerprint density at radius 1 is 1.21 bits per heavy atom. The molecular formula is C12H13FO. The number of rotatable bonds is 0. The van der Waals surface area contributed by atoms with Crippen LogP contribution in [0.25, 0.3) is 0 Å². The number of fused-ring (bicyclic) bond motifs is 1. The number of hydrogen-bond acceptors (Lipinski definition) is 1. The molecule has 0 heterocycles. The van der Waals surface area contributed by atoms with E-state index in [-0.39, 0.29) is 11.6 Å². The fourth-order valence-corrected chi connectivity index (χ4v) is 2.00. The van der Waals surface area contributed by atoms with Crippen molar-refractivity contribution in [2.45, 2.75) is 32.6 Å². The first-order valence-corrected chi connectivity index (χ1v) is 5.00. The Morgan fingerprint density at radius 2 is 1.93 bits per heavy atom. The minimum Gasteiger partial charge on any atom is -0.294 e. The predicted molar refractivity (Wildman–Crippen MR) is 53.0 cm³/mol. The van der Waals surface area contributed by atoms with E-state index >= 15 is 0 Å². The second kappa shape index (κ2) is 3.52. The van der Waals surface area contributed by atoms with Crippen LogP contribution in [0, 0.1) is 12.7 Å². The van der Waals surface area contributed by atoms with E-state index in [1.807, 2.05) is 13.0 Å². The first kappa shape index (κ1) is 9.38. The standard InChI is InChI=1S/C12H13FO/c1-8-6-10-9(11(13)7-8)4-2-3-5-12(10)14/h6-7H,2-5H2,1H3. The number of carbonyl (C=O) groups excluding carboxylic acids is 1. The summed E-state index contributed by atoms with van der Waals surface area (Å²) >= 11 is 0. The Hall–Kier alpha value is -1.18. The fourth-order valence-electron chi connectivity index (χ4n) is 2.00. The lowest BCUT2D eigenvalue weighted by atomic mass is 9.99. The smallest absolute Gasteiger partial charge is 0.163 e. The zero-order chi connectivity index (χ0) is 10.1. The van der Waals surface area contributed by atoms with Crippen LogP contribution in [-0.2, 0) is 6.42 Å². The molecule has 0 aliphatic heterocycles. The second-order valence-corrected chi connectivity index (χ2v) is 3.90. The van der Waals surface area contributed by atoms with E-state index in [0.29, 0.717) is 24.0 Å². The molecule has 1 aliphatic rings. The van der Waals surface area contributed by atoms with Crippen LogP contribution in [-0.4, -0.2) is 5.78 Å². The van der Waals surface area contributed by atoms with Crippen molar-refractivity contribution in [2.24, 2.45) is 0 Å². The number of hydrogen-bond donors (Lipinski definition) is 0. The van der Waals surface area contributed by atoms with E-state index in [9.17, 15) is 9.18 Å². The summed E-state index contributed by atoms with van der Waals surface area (Å²) in [5, 5.41) is 0. The Morgan fingerprint density at radius 3 is 2.71 bits per heavy atom. The molecule has 1 aromatic carbocycles. The first-order valence-electron chi connectivity index (χ1n) is 5.00. The molecule has 0 amide bonds. The Labute approximate surface area is 82.9 Å². The van der Waals surface area contributed by atoms with E-state index in [1.165, 1.54) is 6.07 Å². The van der Waals surface area contributed by atoms with Gasteiger partial charge in [-0.25, -0.2) is 4.39 Å². The maximum atomic E-state index is 13.5. The summed E-state index contributed by atoms with van der Waals surface area (Å²) in [7, 11) is 0. The number of aryl methyl sites for hydroxylation is 1. The van der Waals surface area contributed by atoms with Gasteiger partial charge in [0.05, 0.1) is 0 Å². The van der Waals surface area contributed by atoms with Crippen LogP contribution in [0.1, 0.15) is 40.7 Å². The van der Waals surface area contributed by atoms with Crippen LogP contribution in [0.4, 0.5) is 4.39 Å². The summed E-state index contributed by atoms with van der Waals surface area (Å²) in [5.41, 5.74) is 2.06. The Kier molecular flexibility index (Phi) is 2.36. The van der Waals surface area contributed by atoms with Crippen molar-refractivity contribution in [2.75, 3.05) is 0 Å². The molecule has 0 saturated heterocycles. The summed E-state index contributed by atoms with van der Waals surface area (Å²) in [6.07, 6.45) is 3.06. The summed E-state index contributed by atoms with van der Waals surface area (Å²) in [5.74, 6) is -0.115. The van der Waals surface area contributed by atoms with Crippen LogP contribution < -0.4 is 0 Å². The van der Waals surface area contributed by atoms with Gasteiger partial charge in [0.1, 0.15) is 5.82 Å². The highest BCUT2D eigenvalue weighted by molar-refractivity contribution is 5.98. The molecule has 1 aromatic rings. The third-order valence-electron chi connectivity index (χ3n) is 2.72. The number of carbonyl (C=O) groups is 1. The molecule has 0 fully saturated rings. The van der Waals surface area contributed by atoms with Gasteiger partial charge in [-0.3, -0.25) is 4.79 Å². The Bertz CT molecular complexity index is 382. The van der Waals surface area contributed by atoms with Crippen molar-refractivity contribution in [3.05, 3.63) is 34.6 Å². The van der Waals surface area contributed by atoms with Gasteiger partial charge >= 0.3 is 0 Å². The molecule has 0 radical (unpaired) electrons. The molecule has 0 atom stereocenters. The van der Waals surface area contributed by atoms with E-state index in [0.717, 1.165) is 18.4 Å². The fraction of sp³-hybridized carbons (Fsp3) is 0.417. The molecule has 14 heavy (non-hydrogen) atoms. The largest absolute Gasteiger partial charge is 0.294 e. The van der Waals surface area contributed by atoms with Gasteiger partial charge in [-0.15, -0.1) is 0 Å². The SMILES string of the molecule is Cc1cc(F)c2c(c1)C(=O)CCCC2. The normalized spacial score (nSPS) is 16.3. The molecular weight excluding hydrogens is 179 g/mol. The molecule has 2 rings (SSSR count). The lowest BCUT2D eigenvalue weighted by Crippen LogP contribution is -2.03. The number of ketones is 1. The summed E-state index contributed by atoms with van der Waals surface area (Å²) in [6.45, 7) is 1.82. The molecule has 0 saturated carbocycles. The van der Waals surface area contributed by atoms with Crippen molar-refractivity contribution in [3.8, 4) is 0 Å². The summed E-state index contributed by atoms with van der Waals surface area (Å²) < 4.78 is 13.5. The minimum absolute atomic E-state index is 0.0973. The number of halogens is 1. The highest BCUT2D eigenvalue weighted by Crippen LogP contribution is 2.24. The molecule has 1 aliphatic carbocycles. The third kappa shape index (κ3) is 1.57. The lowest BCUT2D eigenvalue weighted by molar-refractivity contribution is 0.0981. The summed E-state index contributed by atoms with van der Waals surface area (Å²) in [6, 6.07) is 3.32. The van der Waals surface area contributed by atoms with Crippen molar-refractivity contribution in [3.63, 3.8) is 0 Å². The van der Waals surface area contributed by atoms with Crippen LogP contribution in [0.2, 0.25) is 0 Å². The topological polar surface area (TPSA) is 17.1 Å². The molecule has 0 N–H and O–H groups in total. The lowest BCUT2D eigenvalue weighted by Gasteiger charge is -2.06.